The normalized spacial score (nSPS) is 17.8. The number of carbonyl (C=O) groups is 1. The molecule has 0 atom stereocenters. The number of hydrogen-bond donors (Lipinski definition) is 3. The van der Waals surface area contributed by atoms with E-state index in [1.807, 2.05) is 0 Å². The zero-order valence-electron chi connectivity index (χ0n) is 11.8. The summed E-state index contributed by atoms with van der Waals surface area (Å²) in [5.74, 6) is -1.17. The Kier molecular flexibility index (Phi) is 4.36. The Morgan fingerprint density at radius 1 is 1.33 bits per heavy atom. The van der Waals surface area contributed by atoms with Crippen LogP contribution in [0.25, 0.3) is 0 Å². The third-order valence-electron chi connectivity index (χ3n) is 3.88. The average molecular weight is 313 g/mol. The van der Waals surface area contributed by atoms with Gasteiger partial charge in [0.2, 0.25) is 10.0 Å². The molecule has 0 saturated heterocycles. The van der Waals surface area contributed by atoms with E-state index in [0.717, 1.165) is 18.9 Å². The predicted octanol–water partition coefficient (Wildman–Crippen LogP) is 1.28. The summed E-state index contributed by atoms with van der Waals surface area (Å²) in [7, 11) is -3.83. The van der Waals surface area contributed by atoms with Gasteiger partial charge in [0.15, 0.2) is 0 Å². The fourth-order valence-corrected chi connectivity index (χ4v) is 3.67. The van der Waals surface area contributed by atoms with Gasteiger partial charge in [0.1, 0.15) is 0 Å². The maximum absolute atomic E-state index is 12.2. The topological polar surface area (TPSA) is 104 Å². The number of benzene rings is 1. The number of carboxylic acids is 1. The summed E-state index contributed by atoms with van der Waals surface area (Å²) in [6.45, 7) is 1.56. The van der Waals surface area contributed by atoms with Crippen LogP contribution in [0.5, 0.6) is 0 Å². The maximum Gasteiger partial charge on any atom is 0.335 e. The van der Waals surface area contributed by atoms with Gasteiger partial charge in [0.25, 0.3) is 0 Å². The minimum Gasteiger partial charge on any atom is -0.478 e. The van der Waals surface area contributed by atoms with Crippen molar-refractivity contribution < 1.29 is 23.4 Å². The quantitative estimate of drug-likeness (QED) is 0.759. The van der Waals surface area contributed by atoms with E-state index in [-0.39, 0.29) is 17.0 Å². The smallest absolute Gasteiger partial charge is 0.335 e. The predicted molar refractivity (Wildman–Crippen MR) is 76.7 cm³/mol. The van der Waals surface area contributed by atoms with Crippen LogP contribution in [0.1, 0.15) is 41.6 Å². The molecule has 0 bridgehead atoms. The number of aromatic carboxylic acids is 1. The van der Waals surface area contributed by atoms with Crippen LogP contribution < -0.4 is 4.72 Å². The summed E-state index contributed by atoms with van der Waals surface area (Å²) in [5, 5.41) is 19.2. The van der Waals surface area contributed by atoms with E-state index in [1.165, 1.54) is 12.1 Å². The van der Waals surface area contributed by atoms with Gasteiger partial charge in [-0.3, -0.25) is 0 Å². The molecule has 0 amide bonds. The first kappa shape index (κ1) is 15.9. The SMILES string of the molecule is Cc1ccc(S(=O)(=O)NCC2(O)CCCC2)cc1C(=O)O. The number of nitrogens with one attached hydrogen (secondary N) is 1. The highest BCUT2D eigenvalue weighted by molar-refractivity contribution is 7.89. The van der Waals surface area contributed by atoms with Crippen LogP contribution in [0, 0.1) is 6.92 Å². The molecule has 6 nitrogen and oxygen atoms in total. The Morgan fingerprint density at radius 3 is 2.52 bits per heavy atom. The third kappa shape index (κ3) is 3.61. The van der Waals surface area contributed by atoms with Gasteiger partial charge in [0.05, 0.1) is 16.1 Å². The van der Waals surface area contributed by atoms with Crippen LogP contribution in [-0.2, 0) is 10.0 Å². The van der Waals surface area contributed by atoms with Crippen molar-refractivity contribution in [1.29, 1.82) is 0 Å². The van der Waals surface area contributed by atoms with E-state index in [4.69, 9.17) is 5.11 Å². The Balaban J connectivity index is 2.19. The molecule has 7 heteroatoms. The molecule has 1 aliphatic rings. The molecule has 116 valence electrons. The van der Waals surface area contributed by atoms with Gasteiger partial charge in [0, 0.05) is 6.54 Å². The van der Waals surface area contributed by atoms with Crippen molar-refractivity contribution in [2.24, 2.45) is 0 Å². The van der Waals surface area contributed by atoms with Crippen molar-refractivity contribution in [1.82, 2.24) is 4.72 Å². The number of aliphatic hydroxyl groups is 1. The lowest BCUT2D eigenvalue weighted by molar-refractivity contribution is 0.0531. The second-order valence-electron chi connectivity index (χ2n) is 5.54. The Hall–Kier alpha value is -1.44. The maximum atomic E-state index is 12.2. The molecule has 1 aromatic carbocycles. The molecular formula is C14H19NO5S. The summed E-state index contributed by atoms with van der Waals surface area (Å²) in [6.07, 6.45) is 2.91. The lowest BCUT2D eigenvalue weighted by Gasteiger charge is -2.22. The van der Waals surface area contributed by atoms with Crippen LogP contribution in [-0.4, -0.2) is 36.7 Å². The molecular weight excluding hydrogens is 294 g/mol. The highest BCUT2D eigenvalue weighted by Crippen LogP contribution is 2.29. The summed E-state index contributed by atoms with van der Waals surface area (Å²) in [5.41, 5.74) is -0.541. The number of rotatable bonds is 5. The number of aryl methyl sites for hydroxylation is 1. The summed E-state index contributed by atoms with van der Waals surface area (Å²) in [4.78, 5) is 11.0. The molecule has 0 aromatic heterocycles. The second-order valence-corrected chi connectivity index (χ2v) is 7.30. The molecule has 2 rings (SSSR count). The Morgan fingerprint density at radius 2 is 1.95 bits per heavy atom. The monoisotopic (exact) mass is 313 g/mol. The number of hydrogen-bond acceptors (Lipinski definition) is 4. The first-order chi connectivity index (χ1) is 9.73. The summed E-state index contributed by atoms with van der Waals surface area (Å²) in [6, 6.07) is 3.96. The minimum atomic E-state index is -3.83. The number of carboxylic acid groups (broad SMARTS) is 1. The van der Waals surface area contributed by atoms with Gasteiger partial charge in [-0.2, -0.15) is 0 Å². The average Bonchev–Trinajstić information content (AvgIpc) is 2.84. The zero-order chi connectivity index (χ0) is 15.7. The van der Waals surface area contributed by atoms with E-state index >= 15 is 0 Å². The van der Waals surface area contributed by atoms with E-state index in [9.17, 15) is 18.3 Å². The van der Waals surface area contributed by atoms with Gasteiger partial charge in [-0.05, 0) is 37.5 Å². The lowest BCUT2D eigenvalue weighted by atomic mass is 10.0. The molecule has 1 aromatic rings. The largest absolute Gasteiger partial charge is 0.478 e. The van der Waals surface area contributed by atoms with Crippen LogP contribution in [0.3, 0.4) is 0 Å². The molecule has 0 heterocycles. The Bertz CT molecular complexity index is 647. The molecule has 0 spiro atoms. The van der Waals surface area contributed by atoms with E-state index in [0.29, 0.717) is 18.4 Å². The fraction of sp³-hybridized carbons (Fsp3) is 0.500. The second kappa shape index (κ2) is 5.75. The van der Waals surface area contributed by atoms with Gasteiger partial charge < -0.3 is 10.2 Å². The van der Waals surface area contributed by atoms with Crippen molar-refractivity contribution in [3.8, 4) is 0 Å². The molecule has 0 aliphatic heterocycles. The van der Waals surface area contributed by atoms with E-state index in [1.54, 1.807) is 6.92 Å². The van der Waals surface area contributed by atoms with Gasteiger partial charge in [-0.15, -0.1) is 0 Å². The molecule has 0 unspecified atom stereocenters. The first-order valence-electron chi connectivity index (χ1n) is 6.80. The third-order valence-corrected chi connectivity index (χ3v) is 5.27. The van der Waals surface area contributed by atoms with Crippen LogP contribution in [0.2, 0.25) is 0 Å². The van der Waals surface area contributed by atoms with Crippen molar-refractivity contribution in [2.45, 2.75) is 43.1 Å². The fourth-order valence-electron chi connectivity index (χ4n) is 2.52. The van der Waals surface area contributed by atoms with E-state index < -0.39 is 21.6 Å². The van der Waals surface area contributed by atoms with Gasteiger partial charge in [-0.1, -0.05) is 18.9 Å². The number of sulfonamides is 1. The Labute approximate surface area is 123 Å². The summed E-state index contributed by atoms with van der Waals surface area (Å²) >= 11 is 0. The van der Waals surface area contributed by atoms with Crippen molar-refractivity contribution in [2.75, 3.05) is 6.54 Å². The first-order valence-corrected chi connectivity index (χ1v) is 8.28. The van der Waals surface area contributed by atoms with Crippen LogP contribution in [0.4, 0.5) is 0 Å². The van der Waals surface area contributed by atoms with Crippen molar-refractivity contribution >= 4 is 16.0 Å². The molecule has 0 radical (unpaired) electrons. The zero-order valence-corrected chi connectivity index (χ0v) is 12.6. The van der Waals surface area contributed by atoms with Gasteiger partial charge in [-0.25, -0.2) is 17.9 Å². The minimum absolute atomic E-state index is 0.0440. The highest BCUT2D eigenvalue weighted by atomic mass is 32.2. The lowest BCUT2D eigenvalue weighted by Crippen LogP contribution is -2.40. The molecule has 3 N–H and O–H groups in total. The molecule has 1 aliphatic carbocycles. The summed E-state index contributed by atoms with van der Waals surface area (Å²) < 4.78 is 26.8. The molecule has 21 heavy (non-hydrogen) atoms. The highest BCUT2D eigenvalue weighted by Gasteiger charge is 2.32. The van der Waals surface area contributed by atoms with E-state index in [2.05, 4.69) is 4.72 Å². The van der Waals surface area contributed by atoms with Crippen molar-refractivity contribution in [3.63, 3.8) is 0 Å². The van der Waals surface area contributed by atoms with Crippen molar-refractivity contribution in [3.05, 3.63) is 29.3 Å². The molecule has 1 fully saturated rings. The standard InChI is InChI=1S/C14H19NO5S/c1-10-4-5-11(8-12(10)13(16)17)21(19,20)15-9-14(18)6-2-3-7-14/h4-5,8,15,18H,2-3,6-7,9H2,1H3,(H,16,17). The van der Waals surface area contributed by atoms with Crippen LogP contribution in [0.15, 0.2) is 23.1 Å². The van der Waals surface area contributed by atoms with Gasteiger partial charge >= 0.3 is 5.97 Å². The molecule has 1 saturated carbocycles. The van der Waals surface area contributed by atoms with Crippen LogP contribution >= 0.6 is 0 Å².